The van der Waals surface area contributed by atoms with Crippen LogP contribution in [0.5, 0.6) is 0 Å². The third-order valence-electron chi connectivity index (χ3n) is 4.06. The average molecular weight is 275 g/mol. The minimum Gasteiger partial charge on any atom is -0.369 e. The largest absolute Gasteiger partial charge is 0.369 e. The topological polar surface area (TPSA) is 54.0 Å². The maximum absolute atomic E-state index is 12.4. The second-order valence-corrected chi connectivity index (χ2v) is 5.63. The molecular formula is C16H25N3O. The molecule has 1 saturated carbocycles. The minimum absolute atomic E-state index is 0.0175. The molecule has 1 amide bonds. The molecular weight excluding hydrogens is 250 g/mol. The molecule has 0 radical (unpaired) electrons. The maximum atomic E-state index is 12.4. The van der Waals surface area contributed by atoms with E-state index in [0.717, 1.165) is 13.0 Å². The molecule has 0 aliphatic heterocycles. The molecule has 1 aliphatic carbocycles. The van der Waals surface area contributed by atoms with Crippen LogP contribution in [0.4, 0.5) is 5.82 Å². The van der Waals surface area contributed by atoms with Crippen LogP contribution in [-0.4, -0.2) is 23.5 Å². The van der Waals surface area contributed by atoms with Gasteiger partial charge in [-0.1, -0.05) is 19.8 Å². The number of carbonyl (C=O) groups is 1. The minimum atomic E-state index is -0.0175. The zero-order chi connectivity index (χ0) is 14.4. The molecule has 0 aromatic carbocycles. The van der Waals surface area contributed by atoms with Crippen molar-refractivity contribution in [2.45, 2.75) is 52.0 Å². The summed E-state index contributed by atoms with van der Waals surface area (Å²) in [5.41, 5.74) is 0.644. The first kappa shape index (κ1) is 14.8. The van der Waals surface area contributed by atoms with Gasteiger partial charge < -0.3 is 10.6 Å². The van der Waals surface area contributed by atoms with E-state index in [1.807, 2.05) is 12.1 Å². The van der Waals surface area contributed by atoms with Gasteiger partial charge in [-0.05, 0) is 44.2 Å². The van der Waals surface area contributed by atoms with Crippen LogP contribution in [0, 0.1) is 5.92 Å². The number of rotatable bonds is 6. The van der Waals surface area contributed by atoms with Crippen LogP contribution in [0.1, 0.15) is 56.3 Å². The number of nitrogens with one attached hydrogen (secondary N) is 2. The molecule has 0 saturated heterocycles. The lowest BCUT2D eigenvalue weighted by Crippen LogP contribution is -2.37. The number of hydrogen-bond acceptors (Lipinski definition) is 3. The Morgan fingerprint density at radius 3 is 2.90 bits per heavy atom. The fraction of sp³-hybridized carbons (Fsp3) is 0.625. The summed E-state index contributed by atoms with van der Waals surface area (Å²) in [7, 11) is 0. The number of anilines is 1. The highest BCUT2D eigenvalue weighted by molar-refractivity contribution is 5.98. The van der Waals surface area contributed by atoms with E-state index in [9.17, 15) is 4.79 Å². The molecule has 1 fully saturated rings. The molecule has 1 unspecified atom stereocenters. The lowest BCUT2D eigenvalue weighted by atomic mass is 9.99. The van der Waals surface area contributed by atoms with Crippen molar-refractivity contribution >= 4 is 11.7 Å². The Morgan fingerprint density at radius 2 is 2.20 bits per heavy atom. The Balaban J connectivity index is 2.00. The first-order valence-corrected chi connectivity index (χ1v) is 7.72. The summed E-state index contributed by atoms with van der Waals surface area (Å²) < 4.78 is 0. The molecule has 1 aromatic rings. The van der Waals surface area contributed by atoms with Gasteiger partial charge in [-0.25, -0.2) is 4.98 Å². The van der Waals surface area contributed by atoms with Gasteiger partial charge in [0.05, 0.1) is 5.56 Å². The van der Waals surface area contributed by atoms with Crippen LogP contribution in [0.3, 0.4) is 0 Å². The summed E-state index contributed by atoms with van der Waals surface area (Å²) in [6.07, 6.45) is 7.78. The van der Waals surface area contributed by atoms with E-state index in [1.54, 1.807) is 6.20 Å². The molecule has 1 atom stereocenters. The highest BCUT2D eigenvalue weighted by atomic mass is 16.1. The fourth-order valence-corrected chi connectivity index (χ4v) is 2.83. The number of aromatic nitrogens is 1. The Bertz CT molecular complexity index is 441. The van der Waals surface area contributed by atoms with Gasteiger partial charge in [-0.3, -0.25) is 4.79 Å². The van der Waals surface area contributed by atoms with Crippen LogP contribution in [-0.2, 0) is 0 Å². The highest BCUT2D eigenvalue weighted by Gasteiger charge is 2.23. The van der Waals surface area contributed by atoms with E-state index in [0.29, 0.717) is 17.3 Å². The number of carbonyl (C=O) groups excluding carboxylic acids is 1. The van der Waals surface area contributed by atoms with Crippen LogP contribution < -0.4 is 10.6 Å². The zero-order valence-electron chi connectivity index (χ0n) is 12.5. The quantitative estimate of drug-likeness (QED) is 0.838. The predicted molar refractivity (Wildman–Crippen MR) is 81.9 cm³/mol. The molecule has 0 spiro atoms. The Labute approximate surface area is 121 Å². The van der Waals surface area contributed by atoms with Crippen molar-refractivity contribution in [1.82, 2.24) is 10.3 Å². The van der Waals surface area contributed by atoms with Crippen molar-refractivity contribution in [3.8, 4) is 0 Å². The number of nitrogens with zero attached hydrogens (tertiary/aromatic N) is 1. The Hall–Kier alpha value is -1.58. The van der Waals surface area contributed by atoms with Gasteiger partial charge in [-0.15, -0.1) is 0 Å². The molecule has 1 heterocycles. The smallest absolute Gasteiger partial charge is 0.255 e. The number of hydrogen-bond donors (Lipinski definition) is 2. The van der Waals surface area contributed by atoms with E-state index < -0.39 is 0 Å². The number of pyridine rings is 1. The Morgan fingerprint density at radius 1 is 1.45 bits per heavy atom. The van der Waals surface area contributed by atoms with Gasteiger partial charge in [0.15, 0.2) is 0 Å². The highest BCUT2D eigenvalue weighted by Crippen LogP contribution is 2.27. The molecule has 1 aromatic heterocycles. The second kappa shape index (κ2) is 7.27. The molecule has 20 heavy (non-hydrogen) atoms. The van der Waals surface area contributed by atoms with E-state index in [4.69, 9.17) is 0 Å². The van der Waals surface area contributed by atoms with Gasteiger partial charge in [0.25, 0.3) is 5.91 Å². The monoisotopic (exact) mass is 275 g/mol. The molecule has 4 nitrogen and oxygen atoms in total. The second-order valence-electron chi connectivity index (χ2n) is 5.63. The molecule has 110 valence electrons. The first-order valence-electron chi connectivity index (χ1n) is 7.72. The first-order chi connectivity index (χ1) is 9.72. The van der Waals surface area contributed by atoms with Crippen LogP contribution in [0.2, 0.25) is 0 Å². The normalized spacial score (nSPS) is 16.9. The number of amides is 1. The van der Waals surface area contributed by atoms with Crippen molar-refractivity contribution in [3.63, 3.8) is 0 Å². The van der Waals surface area contributed by atoms with Crippen molar-refractivity contribution in [2.24, 2.45) is 5.92 Å². The van der Waals surface area contributed by atoms with Crippen molar-refractivity contribution in [1.29, 1.82) is 0 Å². The van der Waals surface area contributed by atoms with E-state index in [-0.39, 0.29) is 11.9 Å². The summed E-state index contributed by atoms with van der Waals surface area (Å²) >= 11 is 0. The summed E-state index contributed by atoms with van der Waals surface area (Å²) in [4.78, 5) is 16.7. The maximum Gasteiger partial charge on any atom is 0.255 e. The van der Waals surface area contributed by atoms with Crippen LogP contribution >= 0.6 is 0 Å². The van der Waals surface area contributed by atoms with E-state index in [2.05, 4.69) is 29.5 Å². The zero-order valence-corrected chi connectivity index (χ0v) is 12.5. The lowest BCUT2D eigenvalue weighted by molar-refractivity contribution is 0.0927. The molecule has 2 N–H and O–H groups in total. The third kappa shape index (κ3) is 3.71. The summed E-state index contributed by atoms with van der Waals surface area (Å²) in [5, 5.41) is 6.35. The van der Waals surface area contributed by atoms with Gasteiger partial charge >= 0.3 is 0 Å². The molecule has 2 rings (SSSR count). The Kier molecular flexibility index (Phi) is 5.39. The predicted octanol–water partition coefficient (Wildman–Crippen LogP) is 3.21. The third-order valence-corrected chi connectivity index (χ3v) is 4.06. The standard InChI is InChI=1S/C16H25N3O/c1-3-10-17-15-14(9-6-11-18-15)16(20)19-12(2)13-7-4-5-8-13/h6,9,11-13H,3-5,7-8,10H2,1-2H3,(H,17,18)(H,19,20). The van der Waals surface area contributed by atoms with Crippen molar-refractivity contribution in [2.75, 3.05) is 11.9 Å². The van der Waals surface area contributed by atoms with Crippen LogP contribution in [0.25, 0.3) is 0 Å². The summed E-state index contributed by atoms with van der Waals surface area (Å²) in [6.45, 7) is 5.04. The van der Waals surface area contributed by atoms with Gasteiger partial charge in [0, 0.05) is 18.8 Å². The lowest BCUT2D eigenvalue weighted by Gasteiger charge is -2.21. The SMILES string of the molecule is CCCNc1ncccc1C(=O)NC(C)C1CCCC1. The van der Waals surface area contributed by atoms with Crippen molar-refractivity contribution in [3.05, 3.63) is 23.9 Å². The van der Waals surface area contributed by atoms with Crippen LogP contribution in [0.15, 0.2) is 18.3 Å². The average Bonchev–Trinajstić information content (AvgIpc) is 2.99. The van der Waals surface area contributed by atoms with E-state index >= 15 is 0 Å². The molecule has 1 aliphatic rings. The van der Waals surface area contributed by atoms with Crippen molar-refractivity contribution < 1.29 is 4.79 Å². The molecule has 4 heteroatoms. The van der Waals surface area contributed by atoms with Gasteiger partial charge in [0.1, 0.15) is 5.82 Å². The van der Waals surface area contributed by atoms with Gasteiger partial charge in [-0.2, -0.15) is 0 Å². The summed E-state index contributed by atoms with van der Waals surface area (Å²) in [5.74, 6) is 1.30. The fourth-order valence-electron chi connectivity index (χ4n) is 2.83. The van der Waals surface area contributed by atoms with E-state index in [1.165, 1.54) is 25.7 Å². The summed E-state index contributed by atoms with van der Waals surface area (Å²) in [6, 6.07) is 3.89. The van der Waals surface area contributed by atoms with Gasteiger partial charge in [0.2, 0.25) is 0 Å². The molecule has 0 bridgehead atoms.